The number of hydrogen-bond donors (Lipinski definition) is 0. The van der Waals surface area contributed by atoms with Crippen LogP contribution in [0.2, 0.25) is 0 Å². The van der Waals surface area contributed by atoms with Gasteiger partial charge in [-0.25, -0.2) is 0 Å². The molecule has 1 saturated heterocycles. The van der Waals surface area contributed by atoms with Crippen LogP contribution in [0.3, 0.4) is 0 Å². The summed E-state index contributed by atoms with van der Waals surface area (Å²) in [4.78, 5) is 11.2. The van der Waals surface area contributed by atoms with E-state index >= 15 is 0 Å². The Morgan fingerprint density at radius 2 is 2.23 bits per heavy atom. The summed E-state index contributed by atoms with van der Waals surface area (Å²) in [6.07, 6.45) is 6.58. The summed E-state index contributed by atoms with van der Waals surface area (Å²) in [6, 6.07) is 0. The van der Waals surface area contributed by atoms with E-state index in [-0.39, 0.29) is 11.9 Å². The van der Waals surface area contributed by atoms with Crippen LogP contribution in [0.25, 0.3) is 0 Å². The van der Waals surface area contributed by atoms with Crippen LogP contribution in [0.1, 0.15) is 45.4 Å². The van der Waals surface area contributed by atoms with E-state index in [9.17, 15) is 4.79 Å². The van der Waals surface area contributed by atoms with Crippen LogP contribution in [0.4, 0.5) is 0 Å². The zero-order valence-electron chi connectivity index (χ0n) is 8.34. The van der Waals surface area contributed by atoms with Crippen LogP contribution in [-0.2, 0) is 9.53 Å². The van der Waals surface area contributed by atoms with E-state index in [1.807, 2.05) is 0 Å². The normalized spacial score (nSPS) is 22.1. The fourth-order valence-electron chi connectivity index (χ4n) is 1.66. The Morgan fingerprint density at radius 1 is 1.46 bits per heavy atom. The summed E-state index contributed by atoms with van der Waals surface area (Å²) in [7, 11) is 0. The van der Waals surface area contributed by atoms with Crippen molar-refractivity contribution in [2.75, 3.05) is 0 Å². The van der Waals surface area contributed by atoms with Gasteiger partial charge < -0.3 is 4.74 Å². The first-order valence-electron chi connectivity index (χ1n) is 5.13. The Kier molecular flexibility index (Phi) is 4.00. The molecule has 0 spiro atoms. The topological polar surface area (TPSA) is 26.3 Å². The summed E-state index contributed by atoms with van der Waals surface area (Å²) in [5.41, 5.74) is 0. The molecule has 0 radical (unpaired) electrons. The molecular weight excluding hydrogens is 164 g/mol. The molecule has 0 aromatic rings. The summed E-state index contributed by atoms with van der Waals surface area (Å²) in [6.45, 7) is 5.84. The van der Waals surface area contributed by atoms with Gasteiger partial charge in [-0.15, -0.1) is 0 Å². The van der Waals surface area contributed by atoms with E-state index in [2.05, 4.69) is 13.5 Å². The van der Waals surface area contributed by atoms with Gasteiger partial charge in [-0.2, -0.15) is 0 Å². The summed E-state index contributed by atoms with van der Waals surface area (Å²) in [5, 5.41) is 0. The molecule has 0 aromatic heterocycles. The number of carbonyl (C=O) groups excluding carboxylic acids is 1. The minimum atomic E-state index is -0.0681. The van der Waals surface area contributed by atoms with Gasteiger partial charge in [-0.05, 0) is 6.42 Å². The van der Waals surface area contributed by atoms with Crippen LogP contribution in [-0.4, -0.2) is 5.97 Å². The van der Waals surface area contributed by atoms with Gasteiger partial charge in [0.15, 0.2) is 0 Å². The van der Waals surface area contributed by atoms with Crippen LogP contribution >= 0.6 is 0 Å². The number of cyclic esters (lactones) is 1. The first-order chi connectivity index (χ1) is 6.24. The minimum Gasteiger partial charge on any atom is -0.431 e. The fourth-order valence-corrected chi connectivity index (χ4v) is 1.66. The molecule has 1 rings (SSSR count). The Bertz CT molecular complexity index is 196. The second-order valence-electron chi connectivity index (χ2n) is 3.71. The van der Waals surface area contributed by atoms with Crippen molar-refractivity contribution < 1.29 is 9.53 Å². The Morgan fingerprint density at radius 3 is 2.77 bits per heavy atom. The molecule has 0 unspecified atom stereocenters. The van der Waals surface area contributed by atoms with Crippen molar-refractivity contribution in [2.24, 2.45) is 5.92 Å². The van der Waals surface area contributed by atoms with E-state index in [4.69, 9.17) is 4.74 Å². The highest BCUT2D eigenvalue weighted by molar-refractivity contribution is 5.76. The number of allylic oxidation sites excluding steroid dienone is 1. The van der Waals surface area contributed by atoms with E-state index in [1.165, 1.54) is 19.3 Å². The van der Waals surface area contributed by atoms with Gasteiger partial charge in [-0.1, -0.05) is 39.2 Å². The van der Waals surface area contributed by atoms with E-state index < -0.39 is 0 Å². The quantitative estimate of drug-likeness (QED) is 0.482. The van der Waals surface area contributed by atoms with Crippen molar-refractivity contribution in [3.8, 4) is 0 Å². The van der Waals surface area contributed by atoms with Gasteiger partial charge in [0.2, 0.25) is 0 Å². The maximum atomic E-state index is 11.2. The highest BCUT2D eigenvalue weighted by atomic mass is 16.5. The molecule has 1 fully saturated rings. The molecule has 2 nitrogen and oxygen atoms in total. The van der Waals surface area contributed by atoms with Crippen LogP contribution in [0.5, 0.6) is 0 Å². The Hall–Kier alpha value is -0.790. The number of unbranched alkanes of at least 4 members (excludes halogenated alkanes) is 3. The molecule has 1 heterocycles. The smallest absolute Gasteiger partial charge is 0.314 e. The van der Waals surface area contributed by atoms with E-state index in [1.54, 1.807) is 0 Å². The lowest BCUT2D eigenvalue weighted by Crippen LogP contribution is -2.06. The molecule has 0 bridgehead atoms. The van der Waals surface area contributed by atoms with Crippen molar-refractivity contribution in [1.29, 1.82) is 0 Å². The third-order valence-corrected chi connectivity index (χ3v) is 2.46. The average molecular weight is 182 g/mol. The molecule has 0 saturated carbocycles. The van der Waals surface area contributed by atoms with E-state index in [0.29, 0.717) is 5.76 Å². The standard InChI is InChI=1S/C11H18O2/c1-3-4-5-6-7-10-8-9(2)13-11(10)12/h10H,2-8H2,1H3/t10-/m0/s1. The van der Waals surface area contributed by atoms with E-state index in [0.717, 1.165) is 19.3 Å². The van der Waals surface area contributed by atoms with Crippen LogP contribution in [0, 0.1) is 5.92 Å². The SMILES string of the molecule is C=C1C[C@H](CCCCCC)C(=O)O1. The number of rotatable bonds is 5. The van der Waals surface area contributed by atoms with Gasteiger partial charge in [0, 0.05) is 6.42 Å². The summed E-state index contributed by atoms with van der Waals surface area (Å²) < 4.78 is 4.90. The Labute approximate surface area is 80.0 Å². The number of carbonyl (C=O) groups is 1. The highest BCUT2D eigenvalue weighted by Gasteiger charge is 2.28. The molecule has 2 heteroatoms. The predicted molar refractivity (Wildman–Crippen MR) is 52.1 cm³/mol. The largest absolute Gasteiger partial charge is 0.431 e. The van der Waals surface area contributed by atoms with Crippen molar-refractivity contribution in [3.63, 3.8) is 0 Å². The molecule has 74 valence electrons. The molecule has 0 aliphatic carbocycles. The van der Waals surface area contributed by atoms with Crippen LogP contribution in [0.15, 0.2) is 12.3 Å². The molecule has 1 aliphatic heterocycles. The zero-order valence-corrected chi connectivity index (χ0v) is 8.34. The summed E-state index contributed by atoms with van der Waals surface area (Å²) >= 11 is 0. The van der Waals surface area contributed by atoms with Crippen molar-refractivity contribution in [3.05, 3.63) is 12.3 Å². The molecular formula is C11H18O2. The third kappa shape index (κ3) is 3.21. The molecule has 0 N–H and O–H groups in total. The highest BCUT2D eigenvalue weighted by Crippen LogP contribution is 2.27. The monoisotopic (exact) mass is 182 g/mol. The van der Waals surface area contributed by atoms with Gasteiger partial charge in [-0.3, -0.25) is 4.79 Å². The molecule has 0 amide bonds. The zero-order chi connectivity index (χ0) is 9.68. The predicted octanol–water partition coefficient (Wildman–Crippen LogP) is 3.03. The second kappa shape index (κ2) is 5.05. The van der Waals surface area contributed by atoms with Crippen molar-refractivity contribution in [2.45, 2.75) is 45.4 Å². The minimum absolute atomic E-state index is 0.0681. The van der Waals surface area contributed by atoms with Crippen LogP contribution < -0.4 is 0 Å². The van der Waals surface area contributed by atoms with Crippen molar-refractivity contribution in [1.82, 2.24) is 0 Å². The molecule has 13 heavy (non-hydrogen) atoms. The Balaban J connectivity index is 2.14. The molecule has 0 aromatic carbocycles. The van der Waals surface area contributed by atoms with Gasteiger partial charge in [0.05, 0.1) is 5.92 Å². The first-order valence-corrected chi connectivity index (χ1v) is 5.13. The van der Waals surface area contributed by atoms with Gasteiger partial charge >= 0.3 is 5.97 Å². The first kappa shape index (κ1) is 10.3. The number of hydrogen-bond acceptors (Lipinski definition) is 2. The molecule has 1 aliphatic rings. The van der Waals surface area contributed by atoms with Gasteiger partial charge in [0.25, 0.3) is 0 Å². The second-order valence-corrected chi connectivity index (χ2v) is 3.71. The third-order valence-electron chi connectivity index (χ3n) is 2.46. The van der Waals surface area contributed by atoms with Crippen molar-refractivity contribution >= 4 is 5.97 Å². The maximum absolute atomic E-state index is 11.2. The maximum Gasteiger partial charge on any atom is 0.314 e. The lowest BCUT2D eigenvalue weighted by atomic mass is 9.99. The number of esters is 1. The lowest BCUT2D eigenvalue weighted by Gasteiger charge is -2.03. The lowest BCUT2D eigenvalue weighted by molar-refractivity contribution is -0.139. The summed E-state index contributed by atoms with van der Waals surface area (Å²) in [5.74, 6) is 0.677. The van der Waals surface area contributed by atoms with Gasteiger partial charge in [0.1, 0.15) is 5.76 Å². The number of ether oxygens (including phenoxy) is 1. The average Bonchev–Trinajstić information content (AvgIpc) is 2.39. The fraction of sp³-hybridized carbons (Fsp3) is 0.727. The molecule has 1 atom stereocenters.